The molecule has 0 saturated carbocycles. The van der Waals surface area contributed by atoms with Crippen molar-refractivity contribution < 1.29 is 9.53 Å². The van der Waals surface area contributed by atoms with Crippen LogP contribution in [0.25, 0.3) is 0 Å². The maximum absolute atomic E-state index is 13.1. The summed E-state index contributed by atoms with van der Waals surface area (Å²) in [7, 11) is 0. The molecular formula is C27H37N3O2. The smallest absolute Gasteiger partial charge is 0.234 e. The maximum atomic E-state index is 13.1. The molecule has 2 aromatic carbocycles. The first-order valence-electron chi connectivity index (χ1n) is 12.1. The topological polar surface area (TPSA) is 44.8 Å². The van der Waals surface area contributed by atoms with Crippen molar-refractivity contribution in [2.75, 3.05) is 32.7 Å². The van der Waals surface area contributed by atoms with Crippen molar-refractivity contribution in [2.24, 2.45) is 0 Å². The summed E-state index contributed by atoms with van der Waals surface area (Å²) in [5, 5.41) is 3.33. The number of morpholine rings is 1. The summed E-state index contributed by atoms with van der Waals surface area (Å²) in [4.78, 5) is 18.0. The summed E-state index contributed by atoms with van der Waals surface area (Å²) in [6.45, 7) is 8.76. The van der Waals surface area contributed by atoms with E-state index in [-0.39, 0.29) is 24.2 Å². The van der Waals surface area contributed by atoms with Crippen LogP contribution in [0.15, 0.2) is 60.7 Å². The number of amides is 1. The Balaban J connectivity index is 1.36. The molecule has 4 unspecified atom stereocenters. The highest BCUT2D eigenvalue weighted by molar-refractivity contribution is 5.78. The number of carbonyl (C=O) groups is 1. The lowest BCUT2D eigenvalue weighted by molar-refractivity contribution is -0.123. The summed E-state index contributed by atoms with van der Waals surface area (Å²) < 4.78 is 5.89. The molecule has 4 atom stereocenters. The molecule has 4 rings (SSSR count). The standard InChI is InChI=1S/C27H37N3O2/c1-21-17-29(18-22(2)32-21)19-25-14-9-15-30(25)20-27(31)28-26(24-12-7-4-8-13-24)16-23-10-5-3-6-11-23/h3-8,10-13,21-22,25-26H,9,14-20H2,1-2H3,(H,28,31). The van der Waals surface area contributed by atoms with E-state index in [1.807, 2.05) is 24.3 Å². The minimum atomic E-state index is -0.0203. The molecule has 2 saturated heterocycles. The first kappa shape index (κ1) is 23.0. The van der Waals surface area contributed by atoms with Crippen LogP contribution >= 0.6 is 0 Å². The average molecular weight is 436 g/mol. The number of likely N-dealkylation sites (tertiary alicyclic amines) is 1. The van der Waals surface area contributed by atoms with Gasteiger partial charge in [0, 0.05) is 25.7 Å². The van der Waals surface area contributed by atoms with E-state index in [0.717, 1.165) is 38.2 Å². The lowest BCUT2D eigenvalue weighted by Crippen LogP contribution is -2.51. The Kier molecular flexibility index (Phi) is 7.95. The van der Waals surface area contributed by atoms with Crippen molar-refractivity contribution in [3.63, 3.8) is 0 Å². The zero-order chi connectivity index (χ0) is 22.3. The summed E-state index contributed by atoms with van der Waals surface area (Å²) in [5.41, 5.74) is 2.38. The van der Waals surface area contributed by atoms with Crippen LogP contribution in [0.5, 0.6) is 0 Å². The molecule has 2 aromatic rings. The molecule has 1 amide bonds. The van der Waals surface area contributed by atoms with Crippen LogP contribution in [0.3, 0.4) is 0 Å². The quantitative estimate of drug-likeness (QED) is 0.687. The predicted molar refractivity (Wildman–Crippen MR) is 129 cm³/mol. The second kappa shape index (κ2) is 11.1. The molecule has 0 aromatic heterocycles. The monoisotopic (exact) mass is 435 g/mol. The molecule has 2 aliphatic rings. The van der Waals surface area contributed by atoms with Crippen molar-refractivity contribution in [1.82, 2.24) is 15.1 Å². The highest BCUT2D eigenvalue weighted by Crippen LogP contribution is 2.22. The fourth-order valence-corrected chi connectivity index (χ4v) is 5.25. The number of nitrogens with zero attached hydrogens (tertiary/aromatic N) is 2. The third-order valence-electron chi connectivity index (χ3n) is 6.63. The number of hydrogen-bond donors (Lipinski definition) is 1. The molecule has 172 valence electrons. The molecular weight excluding hydrogens is 398 g/mol. The predicted octanol–water partition coefficient (Wildman–Crippen LogP) is 3.66. The molecule has 2 aliphatic heterocycles. The van der Waals surface area contributed by atoms with E-state index in [0.29, 0.717) is 12.6 Å². The number of ether oxygens (including phenoxy) is 1. The van der Waals surface area contributed by atoms with E-state index in [1.165, 1.54) is 18.4 Å². The van der Waals surface area contributed by atoms with E-state index in [1.54, 1.807) is 0 Å². The van der Waals surface area contributed by atoms with Gasteiger partial charge in [0.25, 0.3) is 0 Å². The van der Waals surface area contributed by atoms with E-state index >= 15 is 0 Å². The van der Waals surface area contributed by atoms with Crippen LogP contribution < -0.4 is 5.32 Å². The van der Waals surface area contributed by atoms with Gasteiger partial charge in [-0.2, -0.15) is 0 Å². The van der Waals surface area contributed by atoms with Gasteiger partial charge >= 0.3 is 0 Å². The zero-order valence-corrected chi connectivity index (χ0v) is 19.5. The number of carbonyl (C=O) groups excluding carboxylic acids is 1. The van der Waals surface area contributed by atoms with Gasteiger partial charge in [-0.1, -0.05) is 60.7 Å². The van der Waals surface area contributed by atoms with Crippen molar-refractivity contribution in [1.29, 1.82) is 0 Å². The van der Waals surface area contributed by atoms with Gasteiger partial charge in [0.2, 0.25) is 5.91 Å². The first-order chi connectivity index (χ1) is 15.6. The number of rotatable bonds is 8. The first-order valence-corrected chi connectivity index (χ1v) is 12.1. The highest BCUT2D eigenvalue weighted by Gasteiger charge is 2.31. The SMILES string of the molecule is CC1CN(CC2CCCN2CC(=O)NC(Cc2ccccc2)c2ccccc2)CC(C)O1. The van der Waals surface area contributed by atoms with E-state index in [9.17, 15) is 4.79 Å². The molecule has 2 fully saturated rings. The van der Waals surface area contributed by atoms with Crippen molar-refractivity contribution in [3.05, 3.63) is 71.8 Å². The molecule has 0 radical (unpaired) electrons. The molecule has 1 N–H and O–H groups in total. The Morgan fingerprint density at radius 3 is 2.38 bits per heavy atom. The van der Waals surface area contributed by atoms with Crippen molar-refractivity contribution in [2.45, 2.75) is 57.4 Å². The molecule has 0 spiro atoms. The second-order valence-corrected chi connectivity index (χ2v) is 9.46. The van der Waals surface area contributed by atoms with Gasteiger partial charge in [0.15, 0.2) is 0 Å². The molecule has 32 heavy (non-hydrogen) atoms. The largest absolute Gasteiger partial charge is 0.373 e. The van der Waals surface area contributed by atoms with Crippen LogP contribution in [0.4, 0.5) is 0 Å². The molecule has 2 heterocycles. The number of benzene rings is 2. The van der Waals surface area contributed by atoms with Crippen LogP contribution in [-0.2, 0) is 16.0 Å². The van der Waals surface area contributed by atoms with E-state index < -0.39 is 0 Å². The van der Waals surface area contributed by atoms with E-state index in [2.05, 4.69) is 65.4 Å². The highest BCUT2D eigenvalue weighted by atomic mass is 16.5. The van der Waals surface area contributed by atoms with Crippen molar-refractivity contribution in [3.8, 4) is 0 Å². The Bertz CT molecular complexity index is 834. The van der Waals surface area contributed by atoms with Gasteiger partial charge in [-0.15, -0.1) is 0 Å². The minimum absolute atomic E-state index is 0.0203. The van der Waals surface area contributed by atoms with Gasteiger partial charge in [0.05, 0.1) is 24.8 Å². The molecule has 5 heteroatoms. The van der Waals surface area contributed by atoms with Gasteiger partial charge < -0.3 is 10.1 Å². The Morgan fingerprint density at radius 2 is 1.69 bits per heavy atom. The summed E-state index contributed by atoms with van der Waals surface area (Å²) in [5.74, 6) is 0.116. The molecule has 0 aliphatic carbocycles. The maximum Gasteiger partial charge on any atom is 0.234 e. The normalized spacial score (nSPS) is 25.5. The summed E-state index contributed by atoms with van der Waals surface area (Å²) in [6.07, 6.45) is 3.69. The fraction of sp³-hybridized carbons (Fsp3) is 0.519. The van der Waals surface area contributed by atoms with Gasteiger partial charge in [-0.05, 0) is 50.8 Å². The average Bonchev–Trinajstić information content (AvgIpc) is 3.20. The minimum Gasteiger partial charge on any atom is -0.373 e. The third kappa shape index (κ3) is 6.41. The Morgan fingerprint density at radius 1 is 1.03 bits per heavy atom. The molecule has 5 nitrogen and oxygen atoms in total. The van der Waals surface area contributed by atoms with Crippen molar-refractivity contribution >= 4 is 5.91 Å². The Hall–Kier alpha value is -2.21. The van der Waals surface area contributed by atoms with Crippen LogP contribution in [0.1, 0.15) is 43.9 Å². The second-order valence-electron chi connectivity index (χ2n) is 9.46. The van der Waals surface area contributed by atoms with Crippen LogP contribution in [0.2, 0.25) is 0 Å². The number of nitrogens with one attached hydrogen (secondary N) is 1. The number of hydrogen-bond acceptors (Lipinski definition) is 4. The van der Waals surface area contributed by atoms with Crippen LogP contribution in [-0.4, -0.2) is 66.7 Å². The van der Waals surface area contributed by atoms with E-state index in [4.69, 9.17) is 4.74 Å². The zero-order valence-electron chi connectivity index (χ0n) is 19.5. The van der Waals surface area contributed by atoms with Gasteiger partial charge in [-0.25, -0.2) is 0 Å². The Labute approximate surface area is 192 Å². The third-order valence-corrected chi connectivity index (χ3v) is 6.63. The molecule has 0 bridgehead atoms. The van der Waals surface area contributed by atoms with Crippen LogP contribution in [0, 0.1) is 0 Å². The lowest BCUT2D eigenvalue weighted by atomic mass is 9.99. The van der Waals surface area contributed by atoms with Gasteiger partial charge in [-0.3, -0.25) is 14.6 Å². The summed E-state index contributed by atoms with van der Waals surface area (Å²) >= 11 is 0. The summed E-state index contributed by atoms with van der Waals surface area (Å²) in [6, 6.07) is 21.1. The lowest BCUT2D eigenvalue weighted by Gasteiger charge is -2.38. The fourth-order valence-electron chi connectivity index (χ4n) is 5.25. The van der Waals surface area contributed by atoms with Gasteiger partial charge in [0.1, 0.15) is 0 Å².